The lowest BCUT2D eigenvalue weighted by Gasteiger charge is -2.32. The van der Waals surface area contributed by atoms with Crippen molar-refractivity contribution in [3.05, 3.63) is 0 Å². The summed E-state index contributed by atoms with van der Waals surface area (Å²) >= 11 is 0. The number of hydrogen-bond acceptors (Lipinski definition) is 3. The number of amides is 2. The standard InChI is InChI=1S/C11H21N3O2.2C2H6/c1-10(15)12-5-3-4-11(16)14-8-6-13(2)7-9-14;2*1-2/h3-9H2,1-2H3,(H,12,15);2*1-2H3. The van der Waals surface area contributed by atoms with Crippen molar-refractivity contribution in [2.24, 2.45) is 0 Å². The van der Waals surface area contributed by atoms with Crippen molar-refractivity contribution in [1.82, 2.24) is 15.1 Å². The van der Waals surface area contributed by atoms with Gasteiger partial charge in [-0.3, -0.25) is 9.59 Å². The number of carbonyl (C=O) groups excluding carboxylic acids is 2. The van der Waals surface area contributed by atoms with Crippen LogP contribution in [0.4, 0.5) is 0 Å². The van der Waals surface area contributed by atoms with Crippen molar-refractivity contribution < 1.29 is 9.59 Å². The third kappa shape index (κ3) is 10.8. The number of carbonyl (C=O) groups is 2. The summed E-state index contributed by atoms with van der Waals surface area (Å²) in [5.41, 5.74) is 0. The van der Waals surface area contributed by atoms with Gasteiger partial charge in [0.15, 0.2) is 0 Å². The molecular formula is C15H33N3O2. The maximum absolute atomic E-state index is 11.7. The van der Waals surface area contributed by atoms with Crippen LogP contribution in [0, 0.1) is 0 Å². The van der Waals surface area contributed by atoms with E-state index in [0.717, 1.165) is 32.6 Å². The fraction of sp³-hybridized carbons (Fsp3) is 0.867. The highest BCUT2D eigenvalue weighted by Crippen LogP contribution is 2.03. The molecular weight excluding hydrogens is 254 g/mol. The van der Waals surface area contributed by atoms with Gasteiger partial charge in [0.1, 0.15) is 0 Å². The lowest BCUT2D eigenvalue weighted by Crippen LogP contribution is -2.47. The maximum Gasteiger partial charge on any atom is 0.222 e. The highest BCUT2D eigenvalue weighted by Gasteiger charge is 2.18. The number of hydrogen-bond donors (Lipinski definition) is 1. The average molecular weight is 287 g/mol. The molecule has 1 N–H and O–H groups in total. The zero-order valence-corrected chi connectivity index (χ0v) is 14.2. The minimum absolute atomic E-state index is 0.0351. The molecule has 120 valence electrons. The molecule has 0 aliphatic carbocycles. The van der Waals surface area contributed by atoms with Gasteiger partial charge in [-0.1, -0.05) is 27.7 Å². The fourth-order valence-electron chi connectivity index (χ4n) is 1.72. The Labute approximate surface area is 124 Å². The molecule has 0 aromatic carbocycles. The van der Waals surface area contributed by atoms with Crippen LogP contribution < -0.4 is 5.32 Å². The predicted octanol–water partition coefficient (Wildman–Crippen LogP) is 1.73. The van der Waals surface area contributed by atoms with Crippen LogP contribution in [-0.2, 0) is 9.59 Å². The summed E-state index contributed by atoms with van der Waals surface area (Å²) in [6, 6.07) is 0. The van der Waals surface area contributed by atoms with Crippen LogP contribution in [-0.4, -0.2) is 61.4 Å². The molecule has 1 aliphatic heterocycles. The Bertz CT molecular complexity index is 250. The largest absolute Gasteiger partial charge is 0.356 e. The molecule has 5 nitrogen and oxygen atoms in total. The lowest BCUT2D eigenvalue weighted by molar-refractivity contribution is -0.133. The molecule has 1 aliphatic rings. The van der Waals surface area contributed by atoms with Gasteiger partial charge in [0.2, 0.25) is 11.8 Å². The Morgan fingerprint density at radius 1 is 1.00 bits per heavy atom. The lowest BCUT2D eigenvalue weighted by atomic mass is 10.2. The highest BCUT2D eigenvalue weighted by atomic mass is 16.2. The van der Waals surface area contributed by atoms with Crippen LogP contribution in [0.5, 0.6) is 0 Å². The van der Waals surface area contributed by atoms with Crippen LogP contribution in [0.15, 0.2) is 0 Å². The minimum atomic E-state index is -0.0351. The Morgan fingerprint density at radius 3 is 1.95 bits per heavy atom. The van der Waals surface area contributed by atoms with E-state index in [2.05, 4.69) is 17.3 Å². The van der Waals surface area contributed by atoms with E-state index in [9.17, 15) is 9.59 Å². The van der Waals surface area contributed by atoms with Crippen LogP contribution in [0.25, 0.3) is 0 Å². The van der Waals surface area contributed by atoms with Crippen molar-refractivity contribution in [2.45, 2.75) is 47.5 Å². The first-order chi connectivity index (χ1) is 9.59. The zero-order valence-electron chi connectivity index (χ0n) is 14.2. The molecule has 1 heterocycles. The van der Waals surface area contributed by atoms with E-state index in [1.165, 1.54) is 6.92 Å². The van der Waals surface area contributed by atoms with Crippen LogP contribution in [0.2, 0.25) is 0 Å². The minimum Gasteiger partial charge on any atom is -0.356 e. The molecule has 1 fully saturated rings. The van der Waals surface area contributed by atoms with Crippen molar-refractivity contribution in [1.29, 1.82) is 0 Å². The number of nitrogens with one attached hydrogen (secondary N) is 1. The summed E-state index contributed by atoms with van der Waals surface area (Å²) in [6.07, 6.45) is 1.26. The quantitative estimate of drug-likeness (QED) is 0.801. The van der Waals surface area contributed by atoms with E-state index in [1.54, 1.807) is 0 Å². The number of nitrogens with zero attached hydrogens (tertiary/aromatic N) is 2. The van der Waals surface area contributed by atoms with E-state index in [0.29, 0.717) is 13.0 Å². The highest BCUT2D eigenvalue weighted by molar-refractivity contribution is 5.76. The fourth-order valence-corrected chi connectivity index (χ4v) is 1.72. The van der Waals surface area contributed by atoms with Crippen molar-refractivity contribution in [3.63, 3.8) is 0 Å². The van der Waals surface area contributed by atoms with Crippen LogP contribution in [0.1, 0.15) is 47.5 Å². The first-order valence-corrected chi connectivity index (χ1v) is 7.80. The van der Waals surface area contributed by atoms with Gasteiger partial charge in [-0.15, -0.1) is 0 Å². The molecule has 0 bridgehead atoms. The van der Waals surface area contributed by atoms with E-state index in [4.69, 9.17) is 0 Å². The summed E-state index contributed by atoms with van der Waals surface area (Å²) in [4.78, 5) is 26.5. The second-order valence-electron chi connectivity index (χ2n) is 4.27. The van der Waals surface area contributed by atoms with E-state index in [-0.39, 0.29) is 11.8 Å². The first-order valence-electron chi connectivity index (χ1n) is 7.80. The molecule has 0 radical (unpaired) electrons. The van der Waals surface area contributed by atoms with Gasteiger partial charge in [0.25, 0.3) is 0 Å². The Morgan fingerprint density at radius 2 is 1.50 bits per heavy atom. The molecule has 20 heavy (non-hydrogen) atoms. The van der Waals surface area contributed by atoms with Gasteiger partial charge >= 0.3 is 0 Å². The Hall–Kier alpha value is -1.10. The summed E-state index contributed by atoms with van der Waals surface area (Å²) < 4.78 is 0. The molecule has 0 spiro atoms. The summed E-state index contributed by atoms with van der Waals surface area (Å²) in [5, 5.41) is 2.69. The maximum atomic E-state index is 11.7. The first kappa shape index (κ1) is 21.2. The van der Waals surface area contributed by atoms with Crippen molar-refractivity contribution in [3.8, 4) is 0 Å². The van der Waals surface area contributed by atoms with E-state index in [1.807, 2.05) is 32.6 Å². The summed E-state index contributed by atoms with van der Waals surface area (Å²) in [6.45, 7) is 13.6. The van der Waals surface area contributed by atoms with Crippen LogP contribution >= 0.6 is 0 Å². The summed E-state index contributed by atoms with van der Waals surface area (Å²) in [5.74, 6) is 0.172. The SMILES string of the molecule is CC.CC.CC(=O)NCCCC(=O)N1CCN(C)CC1. The van der Waals surface area contributed by atoms with Gasteiger partial charge in [-0.25, -0.2) is 0 Å². The Balaban J connectivity index is 0. The average Bonchev–Trinajstić information content (AvgIpc) is 2.48. The molecule has 5 heteroatoms. The summed E-state index contributed by atoms with van der Waals surface area (Å²) in [7, 11) is 2.07. The monoisotopic (exact) mass is 287 g/mol. The van der Waals surface area contributed by atoms with E-state index < -0.39 is 0 Å². The molecule has 1 rings (SSSR count). The molecule has 0 saturated carbocycles. The molecule has 0 atom stereocenters. The topological polar surface area (TPSA) is 52.7 Å². The van der Waals surface area contributed by atoms with Gasteiger partial charge < -0.3 is 15.1 Å². The van der Waals surface area contributed by atoms with E-state index >= 15 is 0 Å². The zero-order chi connectivity index (χ0) is 16.0. The molecule has 0 aromatic heterocycles. The third-order valence-corrected chi connectivity index (χ3v) is 2.80. The predicted molar refractivity (Wildman–Crippen MR) is 84.7 cm³/mol. The number of rotatable bonds is 4. The number of piperazine rings is 1. The van der Waals surface area contributed by atoms with Crippen molar-refractivity contribution >= 4 is 11.8 Å². The van der Waals surface area contributed by atoms with Gasteiger partial charge in [-0.05, 0) is 13.5 Å². The van der Waals surface area contributed by atoms with Gasteiger partial charge in [0, 0.05) is 46.1 Å². The number of likely N-dealkylation sites (N-methyl/N-ethyl adjacent to an activating group) is 1. The van der Waals surface area contributed by atoms with Crippen molar-refractivity contribution in [2.75, 3.05) is 39.8 Å². The Kier molecular flexibility index (Phi) is 15.2. The smallest absolute Gasteiger partial charge is 0.222 e. The molecule has 2 amide bonds. The second-order valence-corrected chi connectivity index (χ2v) is 4.27. The van der Waals surface area contributed by atoms with Gasteiger partial charge in [0.05, 0.1) is 0 Å². The molecule has 0 aromatic rings. The molecule has 1 saturated heterocycles. The van der Waals surface area contributed by atoms with Gasteiger partial charge in [-0.2, -0.15) is 0 Å². The normalized spacial score (nSPS) is 14.4. The molecule has 0 unspecified atom stereocenters. The third-order valence-electron chi connectivity index (χ3n) is 2.80. The second kappa shape index (κ2) is 14.3. The van der Waals surface area contributed by atoms with Crippen LogP contribution in [0.3, 0.4) is 0 Å².